The highest BCUT2D eigenvalue weighted by Crippen LogP contribution is 2.38. The van der Waals surface area contributed by atoms with Gasteiger partial charge in [-0.05, 0) is 25.0 Å². The molecule has 0 saturated heterocycles. The van der Waals surface area contributed by atoms with Crippen LogP contribution in [0.4, 0.5) is 0 Å². The molecule has 1 fully saturated rings. The summed E-state index contributed by atoms with van der Waals surface area (Å²) in [5.41, 5.74) is 2.75. The van der Waals surface area contributed by atoms with Gasteiger partial charge in [-0.15, -0.1) is 15.3 Å². The van der Waals surface area contributed by atoms with Crippen LogP contribution in [-0.2, 0) is 6.42 Å². The molecular weight excluding hydrogens is 332 g/mol. The molecule has 1 N–H and O–H groups in total. The van der Waals surface area contributed by atoms with E-state index in [1.165, 1.54) is 0 Å². The van der Waals surface area contributed by atoms with E-state index in [0.717, 1.165) is 40.7 Å². The largest absolute Gasteiger partial charge is 0.389 e. The van der Waals surface area contributed by atoms with E-state index in [9.17, 15) is 5.11 Å². The number of rotatable bonds is 3. The van der Waals surface area contributed by atoms with Crippen LogP contribution in [0.15, 0.2) is 43.0 Å². The van der Waals surface area contributed by atoms with E-state index in [2.05, 4.69) is 25.5 Å². The van der Waals surface area contributed by atoms with Crippen LogP contribution in [0.2, 0.25) is 0 Å². The molecule has 1 aromatic carbocycles. The summed E-state index contributed by atoms with van der Waals surface area (Å²) in [5, 5.41) is 28.3. The number of nitrogens with zero attached hydrogens (tertiary/aromatic N) is 8. The third-order valence-electron chi connectivity index (χ3n) is 5.05. The van der Waals surface area contributed by atoms with Crippen molar-refractivity contribution in [3.63, 3.8) is 0 Å². The van der Waals surface area contributed by atoms with Gasteiger partial charge in [-0.3, -0.25) is 4.40 Å². The average molecular weight is 346 g/mol. The summed E-state index contributed by atoms with van der Waals surface area (Å²) >= 11 is 0. The number of aromatic nitrogens is 8. The fraction of sp³-hybridized carbons (Fsp3) is 0.235. The molecule has 4 heterocycles. The van der Waals surface area contributed by atoms with E-state index in [0.29, 0.717) is 12.4 Å². The van der Waals surface area contributed by atoms with Gasteiger partial charge in [-0.2, -0.15) is 4.68 Å². The van der Waals surface area contributed by atoms with Crippen molar-refractivity contribution < 1.29 is 5.11 Å². The lowest BCUT2D eigenvalue weighted by molar-refractivity contribution is 0.149. The molecule has 26 heavy (non-hydrogen) atoms. The van der Waals surface area contributed by atoms with Crippen molar-refractivity contribution >= 4 is 22.2 Å². The monoisotopic (exact) mass is 346 g/mol. The van der Waals surface area contributed by atoms with Gasteiger partial charge in [0.05, 0.1) is 29.2 Å². The van der Waals surface area contributed by atoms with Gasteiger partial charge >= 0.3 is 0 Å². The first-order valence-corrected chi connectivity index (χ1v) is 8.44. The van der Waals surface area contributed by atoms with E-state index in [1.807, 2.05) is 33.1 Å². The number of fused-ring (bicyclic) bond motifs is 6. The molecule has 9 nitrogen and oxygen atoms in total. The summed E-state index contributed by atoms with van der Waals surface area (Å²) in [5.74, 6) is 0.535. The predicted molar refractivity (Wildman–Crippen MR) is 92.0 cm³/mol. The van der Waals surface area contributed by atoms with E-state index < -0.39 is 5.60 Å². The molecule has 0 spiro atoms. The molecule has 0 unspecified atom stereocenters. The van der Waals surface area contributed by atoms with Crippen LogP contribution in [0.25, 0.3) is 28.1 Å². The normalized spacial score (nSPS) is 16.0. The molecule has 1 aliphatic rings. The molecular formula is C17H14N8O. The zero-order valence-electron chi connectivity index (χ0n) is 13.7. The van der Waals surface area contributed by atoms with Gasteiger partial charge in [-0.25, -0.2) is 9.38 Å². The standard InChI is InChI=1S/C17H14N8O/c26-17(5-6-17)7-11-8-19-22-25(11)16-21-20-15-12-3-1-2-4-13(12)23-10-18-9-14(23)24(15)16/h1-4,8-10,26H,5-7H2. The first-order chi connectivity index (χ1) is 12.7. The van der Waals surface area contributed by atoms with Crippen molar-refractivity contribution in [1.82, 2.24) is 39.0 Å². The van der Waals surface area contributed by atoms with Crippen LogP contribution in [0, 0.1) is 0 Å². The van der Waals surface area contributed by atoms with Crippen LogP contribution in [0.5, 0.6) is 0 Å². The maximum atomic E-state index is 10.3. The lowest BCUT2D eigenvalue weighted by Gasteiger charge is -2.10. The molecule has 9 heteroatoms. The Morgan fingerprint density at radius 2 is 2.00 bits per heavy atom. The van der Waals surface area contributed by atoms with Crippen LogP contribution < -0.4 is 0 Å². The van der Waals surface area contributed by atoms with Crippen molar-refractivity contribution in [3.8, 4) is 5.95 Å². The maximum Gasteiger partial charge on any atom is 0.259 e. The lowest BCUT2D eigenvalue weighted by atomic mass is 10.2. The Hall–Kier alpha value is -3.33. The van der Waals surface area contributed by atoms with Gasteiger partial charge in [0.2, 0.25) is 0 Å². The smallest absolute Gasteiger partial charge is 0.259 e. The van der Waals surface area contributed by atoms with E-state index in [4.69, 9.17) is 0 Å². The first kappa shape index (κ1) is 13.9. The summed E-state index contributed by atoms with van der Waals surface area (Å²) < 4.78 is 5.57. The fourth-order valence-electron chi connectivity index (χ4n) is 3.51. The van der Waals surface area contributed by atoms with Crippen LogP contribution in [-0.4, -0.2) is 49.7 Å². The second kappa shape index (κ2) is 4.64. The van der Waals surface area contributed by atoms with Crippen molar-refractivity contribution in [2.24, 2.45) is 0 Å². The van der Waals surface area contributed by atoms with Crippen LogP contribution >= 0.6 is 0 Å². The number of para-hydroxylation sites is 1. The SMILES string of the molecule is OC1(Cc2cnnn2-c2nnc3c4ccccc4n4cncc4n23)CC1. The van der Waals surface area contributed by atoms with Gasteiger partial charge in [0, 0.05) is 11.8 Å². The Morgan fingerprint density at radius 3 is 2.88 bits per heavy atom. The summed E-state index contributed by atoms with van der Waals surface area (Å²) in [6.45, 7) is 0. The highest BCUT2D eigenvalue weighted by molar-refractivity contribution is 5.94. The number of imidazole rings is 1. The Balaban J connectivity index is 1.68. The minimum atomic E-state index is -0.640. The van der Waals surface area contributed by atoms with Gasteiger partial charge < -0.3 is 5.11 Å². The number of aliphatic hydroxyl groups is 1. The molecule has 0 radical (unpaired) electrons. The number of hydrogen-bond acceptors (Lipinski definition) is 6. The minimum Gasteiger partial charge on any atom is -0.389 e. The zero-order valence-corrected chi connectivity index (χ0v) is 13.7. The topological polar surface area (TPSA) is 98.4 Å². The Morgan fingerprint density at radius 1 is 1.12 bits per heavy atom. The van der Waals surface area contributed by atoms with Crippen molar-refractivity contribution in [2.45, 2.75) is 24.9 Å². The summed E-state index contributed by atoms with van der Waals surface area (Å²) in [6, 6.07) is 8.00. The Labute approximate surface area is 146 Å². The summed E-state index contributed by atoms with van der Waals surface area (Å²) in [4.78, 5) is 4.30. The Bertz CT molecular complexity index is 1290. The minimum absolute atomic E-state index is 0.498. The number of hydrogen-bond donors (Lipinski definition) is 1. The average Bonchev–Trinajstić information content (AvgIpc) is 3.10. The molecule has 4 aromatic heterocycles. The second-order valence-corrected chi connectivity index (χ2v) is 6.84. The molecule has 0 bridgehead atoms. The highest BCUT2D eigenvalue weighted by atomic mass is 16.3. The molecule has 0 aliphatic heterocycles. The lowest BCUT2D eigenvalue weighted by Crippen LogP contribution is -2.16. The third-order valence-corrected chi connectivity index (χ3v) is 5.05. The van der Waals surface area contributed by atoms with E-state index >= 15 is 0 Å². The number of benzene rings is 1. The zero-order chi connectivity index (χ0) is 17.3. The second-order valence-electron chi connectivity index (χ2n) is 6.84. The predicted octanol–water partition coefficient (Wildman–Crippen LogP) is 1.18. The van der Waals surface area contributed by atoms with Gasteiger partial charge in [0.25, 0.3) is 5.95 Å². The maximum absolute atomic E-state index is 10.3. The summed E-state index contributed by atoms with van der Waals surface area (Å²) in [7, 11) is 0. The Kier molecular flexibility index (Phi) is 2.48. The molecule has 5 aromatic rings. The van der Waals surface area contributed by atoms with Crippen molar-refractivity contribution in [2.75, 3.05) is 0 Å². The molecule has 0 atom stereocenters. The first-order valence-electron chi connectivity index (χ1n) is 8.44. The highest BCUT2D eigenvalue weighted by Gasteiger charge is 2.41. The molecule has 128 valence electrons. The van der Waals surface area contributed by atoms with E-state index in [1.54, 1.807) is 23.4 Å². The summed E-state index contributed by atoms with van der Waals surface area (Å²) in [6.07, 6.45) is 7.32. The fourth-order valence-corrected chi connectivity index (χ4v) is 3.51. The third kappa shape index (κ3) is 1.80. The molecule has 1 saturated carbocycles. The van der Waals surface area contributed by atoms with Gasteiger partial charge in [0.15, 0.2) is 5.65 Å². The van der Waals surface area contributed by atoms with Crippen LogP contribution in [0.3, 0.4) is 0 Å². The van der Waals surface area contributed by atoms with E-state index in [-0.39, 0.29) is 0 Å². The van der Waals surface area contributed by atoms with Gasteiger partial charge in [-0.1, -0.05) is 17.3 Å². The van der Waals surface area contributed by atoms with Gasteiger partial charge in [0.1, 0.15) is 12.0 Å². The molecule has 6 rings (SSSR count). The van der Waals surface area contributed by atoms with Crippen molar-refractivity contribution in [3.05, 3.63) is 48.7 Å². The van der Waals surface area contributed by atoms with Crippen LogP contribution in [0.1, 0.15) is 18.5 Å². The molecule has 0 amide bonds. The van der Waals surface area contributed by atoms with Crippen molar-refractivity contribution in [1.29, 1.82) is 0 Å². The molecule has 1 aliphatic carbocycles. The quantitative estimate of drug-likeness (QED) is 0.527.